The van der Waals surface area contributed by atoms with Gasteiger partial charge in [-0.05, 0) is 71.1 Å². The molecule has 0 aliphatic carbocycles. The molecule has 0 aliphatic heterocycles. The molecule has 1 rings (SSSR count). The quantitative estimate of drug-likeness (QED) is 0.827. The molecule has 0 spiro atoms. The van der Waals surface area contributed by atoms with Gasteiger partial charge in [0.2, 0.25) is 0 Å². The molecule has 1 aromatic rings. The highest BCUT2D eigenvalue weighted by Gasteiger charge is 2.33. The average Bonchev–Trinajstić information content (AvgIpc) is 2.40. The third-order valence-electron chi connectivity index (χ3n) is 4.25. The SMILES string of the molecule is CCCNC(c1ccc(OC)cc1C)C(C)(C)N(C)C. The van der Waals surface area contributed by atoms with Crippen molar-refractivity contribution in [3.05, 3.63) is 29.3 Å². The Morgan fingerprint density at radius 3 is 2.40 bits per heavy atom. The third-order valence-corrected chi connectivity index (χ3v) is 4.25. The number of hydrogen-bond acceptors (Lipinski definition) is 3. The Morgan fingerprint density at radius 2 is 1.95 bits per heavy atom. The second-order valence-electron chi connectivity index (χ2n) is 6.16. The van der Waals surface area contributed by atoms with E-state index in [2.05, 4.69) is 70.2 Å². The number of aryl methyl sites for hydroxylation is 1. The molecule has 0 saturated heterocycles. The number of benzene rings is 1. The topological polar surface area (TPSA) is 24.5 Å². The molecular weight excluding hydrogens is 248 g/mol. The van der Waals surface area contributed by atoms with Gasteiger partial charge in [0.25, 0.3) is 0 Å². The molecule has 0 saturated carbocycles. The zero-order valence-corrected chi connectivity index (χ0v) is 14.1. The van der Waals surface area contributed by atoms with Crippen LogP contribution < -0.4 is 10.1 Å². The van der Waals surface area contributed by atoms with Gasteiger partial charge in [0, 0.05) is 5.54 Å². The minimum absolute atomic E-state index is 0.0362. The zero-order chi connectivity index (χ0) is 15.3. The Hall–Kier alpha value is -1.06. The van der Waals surface area contributed by atoms with Gasteiger partial charge >= 0.3 is 0 Å². The molecule has 3 nitrogen and oxygen atoms in total. The van der Waals surface area contributed by atoms with Crippen LogP contribution in [0.15, 0.2) is 18.2 Å². The van der Waals surface area contributed by atoms with Crippen LogP contribution in [0, 0.1) is 6.92 Å². The van der Waals surface area contributed by atoms with Crippen molar-refractivity contribution in [2.24, 2.45) is 0 Å². The summed E-state index contributed by atoms with van der Waals surface area (Å²) in [5.41, 5.74) is 2.65. The van der Waals surface area contributed by atoms with Gasteiger partial charge in [-0.15, -0.1) is 0 Å². The molecule has 1 atom stereocenters. The smallest absolute Gasteiger partial charge is 0.119 e. The molecule has 0 radical (unpaired) electrons. The maximum absolute atomic E-state index is 5.31. The first-order valence-electron chi connectivity index (χ1n) is 7.40. The average molecular weight is 278 g/mol. The molecule has 0 aromatic heterocycles. The van der Waals surface area contributed by atoms with E-state index in [0.717, 1.165) is 18.7 Å². The van der Waals surface area contributed by atoms with E-state index in [1.165, 1.54) is 11.1 Å². The van der Waals surface area contributed by atoms with Crippen LogP contribution in [0.4, 0.5) is 0 Å². The molecule has 0 amide bonds. The van der Waals surface area contributed by atoms with Crippen LogP contribution in [0.5, 0.6) is 5.75 Å². The molecule has 1 aromatic carbocycles. The van der Waals surface area contributed by atoms with Gasteiger partial charge in [-0.25, -0.2) is 0 Å². The normalized spacial score (nSPS) is 13.6. The van der Waals surface area contributed by atoms with Crippen molar-refractivity contribution >= 4 is 0 Å². The second-order valence-corrected chi connectivity index (χ2v) is 6.16. The van der Waals surface area contributed by atoms with E-state index < -0.39 is 0 Å². The van der Waals surface area contributed by atoms with Gasteiger partial charge in [-0.1, -0.05) is 13.0 Å². The molecule has 0 bridgehead atoms. The zero-order valence-electron chi connectivity index (χ0n) is 14.1. The van der Waals surface area contributed by atoms with Gasteiger partial charge < -0.3 is 15.0 Å². The molecule has 0 heterocycles. The van der Waals surface area contributed by atoms with Crippen LogP contribution in [-0.2, 0) is 0 Å². The maximum Gasteiger partial charge on any atom is 0.119 e. The fourth-order valence-corrected chi connectivity index (χ4v) is 2.39. The van der Waals surface area contributed by atoms with Crippen LogP contribution in [0.1, 0.15) is 44.4 Å². The standard InChI is InChI=1S/C17H30N2O/c1-8-11-18-16(17(3,4)19(5)6)15-10-9-14(20-7)12-13(15)2/h9-10,12,16,18H,8,11H2,1-7H3. The lowest BCUT2D eigenvalue weighted by atomic mass is 9.85. The minimum atomic E-state index is 0.0362. The summed E-state index contributed by atoms with van der Waals surface area (Å²) in [7, 11) is 5.99. The lowest BCUT2D eigenvalue weighted by Gasteiger charge is -2.41. The van der Waals surface area contributed by atoms with Crippen molar-refractivity contribution in [1.29, 1.82) is 0 Å². The van der Waals surface area contributed by atoms with E-state index >= 15 is 0 Å². The summed E-state index contributed by atoms with van der Waals surface area (Å²) in [6.07, 6.45) is 1.13. The van der Waals surface area contributed by atoms with Gasteiger partial charge in [-0.2, -0.15) is 0 Å². The molecule has 0 fully saturated rings. The Balaban J connectivity index is 3.17. The van der Waals surface area contributed by atoms with Crippen molar-refractivity contribution in [3.63, 3.8) is 0 Å². The van der Waals surface area contributed by atoms with Crippen molar-refractivity contribution in [2.45, 2.75) is 45.7 Å². The molecule has 1 N–H and O–H groups in total. The van der Waals surface area contributed by atoms with E-state index in [9.17, 15) is 0 Å². The Kier molecular flexibility index (Phi) is 6.03. The van der Waals surface area contributed by atoms with E-state index in [4.69, 9.17) is 4.74 Å². The van der Waals surface area contributed by atoms with Crippen LogP contribution in [0.3, 0.4) is 0 Å². The number of hydrogen-bond donors (Lipinski definition) is 1. The predicted octanol–water partition coefficient (Wildman–Crippen LogP) is 3.38. The third kappa shape index (κ3) is 3.74. The van der Waals surface area contributed by atoms with Gasteiger partial charge in [0.1, 0.15) is 5.75 Å². The van der Waals surface area contributed by atoms with Crippen molar-refractivity contribution in [2.75, 3.05) is 27.7 Å². The summed E-state index contributed by atoms with van der Waals surface area (Å²) in [5.74, 6) is 0.920. The number of methoxy groups -OCH3 is 1. The first kappa shape index (κ1) is 17.0. The van der Waals surface area contributed by atoms with Crippen molar-refractivity contribution in [1.82, 2.24) is 10.2 Å². The number of nitrogens with one attached hydrogen (secondary N) is 1. The Morgan fingerprint density at radius 1 is 1.30 bits per heavy atom. The van der Waals surface area contributed by atoms with Crippen molar-refractivity contribution < 1.29 is 4.74 Å². The molecule has 3 heteroatoms. The summed E-state index contributed by atoms with van der Waals surface area (Å²) in [6.45, 7) is 9.94. The molecule has 114 valence electrons. The van der Waals surface area contributed by atoms with Crippen molar-refractivity contribution in [3.8, 4) is 5.75 Å². The summed E-state index contributed by atoms with van der Waals surface area (Å²) >= 11 is 0. The predicted molar refractivity (Wildman–Crippen MR) is 86.5 cm³/mol. The Labute approximate surface area is 124 Å². The van der Waals surface area contributed by atoms with Crippen LogP contribution >= 0.6 is 0 Å². The van der Waals surface area contributed by atoms with E-state index in [1.807, 2.05) is 0 Å². The summed E-state index contributed by atoms with van der Waals surface area (Å²) < 4.78 is 5.31. The molecular formula is C17H30N2O. The lowest BCUT2D eigenvalue weighted by Crippen LogP contribution is -2.49. The van der Waals surface area contributed by atoms with Crippen LogP contribution in [0.2, 0.25) is 0 Å². The van der Waals surface area contributed by atoms with E-state index in [1.54, 1.807) is 7.11 Å². The van der Waals surface area contributed by atoms with Gasteiger partial charge in [0.15, 0.2) is 0 Å². The van der Waals surface area contributed by atoms with Gasteiger partial charge in [0.05, 0.1) is 13.2 Å². The first-order chi connectivity index (χ1) is 9.34. The van der Waals surface area contributed by atoms with Crippen LogP contribution in [-0.4, -0.2) is 38.2 Å². The summed E-state index contributed by atoms with van der Waals surface area (Å²) in [4.78, 5) is 2.28. The summed E-state index contributed by atoms with van der Waals surface area (Å²) in [6, 6.07) is 6.65. The molecule has 20 heavy (non-hydrogen) atoms. The molecule has 0 aliphatic rings. The van der Waals surface area contributed by atoms with Gasteiger partial charge in [-0.3, -0.25) is 0 Å². The number of likely N-dealkylation sites (N-methyl/N-ethyl adjacent to an activating group) is 1. The highest BCUT2D eigenvalue weighted by atomic mass is 16.5. The highest BCUT2D eigenvalue weighted by molar-refractivity contribution is 5.38. The maximum atomic E-state index is 5.31. The fourth-order valence-electron chi connectivity index (χ4n) is 2.39. The van der Waals surface area contributed by atoms with E-state index in [0.29, 0.717) is 6.04 Å². The monoisotopic (exact) mass is 278 g/mol. The number of rotatable bonds is 7. The highest BCUT2D eigenvalue weighted by Crippen LogP contribution is 2.32. The largest absolute Gasteiger partial charge is 0.497 e. The van der Waals surface area contributed by atoms with Crippen LogP contribution in [0.25, 0.3) is 0 Å². The van der Waals surface area contributed by atoms with E-state index in [-0.39, 0.29) is 5.54 Å². The number of ether oxygens (including phenoxy) is 1. The minimum Gasteiger partial charge on any atom is -0.497 e. The summed E-state index contributed by atoms with van der Waals surface area (Å²) in [5, 5.41) is 3.70. The fraction of sp³-hybridized carbons (Fsp3) is 0.647. The lowest BCUT2D eigenvalue weighted by molar-refractivity contribution is 0.137. The first-order valence-corrected chi connectivity index (χ1v) is 7.40. The second kappa shape index (κ2) is 7.09. The molecule has 1 unspecified atom stereocenters. The number of nitrogens with zero attached hydrogens (tertiary/aromatic N) is 1. The Bertz CT molecular complexity index is 427.